The van der Waals surface area contributed by atoms with Gasteiger partial charge in [0.1, 0.15) is 4.34 Å². The average Bonchev–Trinajstić information content (AvgIpc) is 2.90. The van der Waals surface area contributed by atoms with E-state index in [4.69, 9.17) is 27.9 Å². The summed E-state index contributed by atoms with van der Waals surface area (Å²) in [7, 11) is 1.68. The molecule has 5 nitrogen and oxygen atoms in total. The predicted molar refractivity (Wildman–Crippen MR) is 105 cm³/mol. The number of carbonyl (C=O) groups excluding carboxylic acids is 2. The quantitative estimate of drug-likeness (QED) is 0.620. The van der Waals surface area contributed by atoms with Crippen LogP contribution in [0, 0.1) is 5.41 Å². The van der Waals surface area contributed by atoms with Gasteiger partial charge in [-0.2, -0.15) is 0 Å². The summed E-state index contributed by atoms with van der Waals surface area (Å²) in [5, 5.41) is 6.27. The second-order valence-electron chi connectivity index (χ2n) is 6.12. The van der Waals surface area contributed by atoms with Crippen LogP contribution in [0.1, 0.15) is 36.0 Å². The lowest BCUT2D eigenvalue weighted by atomic mass is 9.79. The molecule has 142 valence electrons. The molecule has 1 aromatic rings. The molecule has 1 aliphatic heterocycles. The number of halogens is 3. The van der Waals surface area contributed by atoms with E-state index in [1.54, 1.807) is 13.2 Å². The Morgan fingerprint density at radius 2 is 2.00 bits per heavy atom. The molecule has 0 aromatic carbocycles. The molecule has 0 unspecified atom stereocenters. The zero-order valence-corrected chi connectivity index (χ0v) is 17.2. The lowest BCUT2D eigenvalue weighted by molar-refractivity contribution is -0.122. The first-order valence-corrected chi connectivity index (χ1v) is 9.47. The molecule has 25 heavy (non-hydrogen) atoms. The molecule has 0 aliphatic carbocycles. The van der Waals surface area contributed by atoms with Crippen molar-refractivity contribution in [2.45, 2.75) is 25.7 Å². The van der Waals surface area contributed by atoms with E-state index >= 15 is 0 Å². The highest BCUT2D eigenvalue weighted by molar-refractivity contribution is 7.20. The van der Waals surface area contributed by atoms with Crippen LogP contribution in [-0.2, 0) is 9.53 Å². The van der Waals surface area contributed by atoms with E-state index in [1.807, 2.05) is 0 Å². The van der Waals surface area contributed by atoms with Crippen molar-refractivity contribution >= 4 is 58.6 Å². The Kier molecular flexibility index (Phi) is 9.70. The minimum absolute atomic E-state index is 0. The van der Waals surface area contributed by atoms with E-state index in [0.29, 0.717) is 27.4 Å². The molecule has 2 rings (SSSR count). The maximum Gasteiger partial charge on any atom is 0.220 e. The third-order valence-electron chi connectivity index (χ3n) is 4.31. The molecule has 9 heteroatoms. The van der Waals surface area contributed by atoms with Crippen molar-refractivity contribution in [3.8, 4) is 0 Å². The predicted octanol–water partition coefficient (Wildman–Crippen LogP) is 3.57. The Morgan fingerprint density at radius 1 is 1.32 bits per heavy atom. The van der Waals surface area contributed by atoms with Crippen LogP contribution in [0.4, 0.5) is 0 Å². The number of nitrogens with one attached hydrogen (secondary N) is 2. The smallest absolute Gasteiger partial charge is 0.220 e. The summed E-state index contributed by atoms with van der Waals surface area (Å²) in [6, 6.07) is 1.55. The summed E-state index contributed by atoms with van der Waals surface area (Å²) >= 11 is 13.0. The number of ether oxygens (including phenoxy) is 1. The molecule has 0 spiro atoms. The fourth-order valence-electron chi connectivity index (χ4n) is 2.90. The Balaban J connectivity index is 0.00000312. The van der Waals surface area contributed by atoms with Gasteiger partial charge in [-0.3, -0.25) is 9.59 Å². The Hall–Kier alpha value is -0.370. The first-order valence-electron chi connectivity index (χ1n) is 7.90. The van der Waals surface area contributed by atoms with Gasteiger partial charge in [0.2, 0.25) is 5.91 Å². The van der Waals surface area contributed by atoms with Crippen LogP contribution in [0.15, 0.2) is 6.07 Å². The van der Waals surface area contributed by atoms with Crippen molar-refractivity contribution in [2.75, 3.05) is 33.4 Å². The van der Waals surface area contributed by atoms with Gasteiger partial charge in [-0.25, -0.2) is 0 Å². The van der Waals surface area contributed by atoms with E-state index in [-0.39, 0.29) is 42.4 Å². The number of ketones is 1. The number of carbonyl (C=O) groups is 2. The van der Waals surface area contributed by atoms with Crippen LogP contribution in [0.3, 0.4) is 0 Å². The molecule has 2 heterocycles. The summed E-state index contributed by atoms with van der Waals surface area (Å²) in [5.41, 5.74) is 0.373. The van der Waals surface area contributed by atoms with Crippen molar-refractivity contribution in [1.82, 2.24) is 10.6 Å². The fraction of sp³-hybridized carbons (Fsp3) is 0.625. The van der Waals surface area contributed by atoms with E-state index < -0.39 is 0 Å². The largest absolute Gasteiger partial charge is 0.384 e. The number of rotatable bonds is 8. The van der Waals surface area contributed by atoms with Gasteiger partial charge in [-0.05, 0) is 32.0 Å². The third kappa shape index (κ3) is 6.70. The van der Waals surface area contributed by atoms with Gasteiger partial charge in [0.15, 0.2) is 5.78 Å². The van der Waals surface area contributed by atoms with Crippen LogP contribution in [0.2, 0.25) is 8.67 Å². The van der Waals surface area contributed by atoms with Gasteiger partial charge < -0.3 is 15.4 Å². The highest BCUT2D eigenvalue weighted by Crippen LogP contribution is 2.32. The number of thiophene rings is 1. The SMILES string of the molecule is COCC1(CNC(=O)CCC(=O)c2cc(Cl)sc2Cl)CCNCC1.Cl. The van der Waals surface area contributed by atoms with Crippen molar-refractivity contribution < 1.29 is 14.3 Å². The summed E-state index contributed by atoms with van der Waals surface area (Å²) < 4.78 is 6.18. The molecule has 1 aromatic heterocycles. The molecule has 1 saturated heterocycles. The number of Topliss-reactive ketones (excluding diaryl/α,β-unsaturated/α-hetero) is 1. The van der Waals surface area contributed by atoms with Crippen LogP contribution in [0.25, 0.3) is 0 Å². The van der Waals surface area contributed by atoms with Crippen LogP contribution < -0.4 is 10.6 Å². The molecular formula is C16H23Cl3N2O3S. The minimum Gasteiger partial charge on any atom is -0.384 e. The van der Waals surface area contributed by atoms with Crippen molar-refractivity contribution in [1.29, 1.82) is 0 Å². The van der Waals surface area contributed by atoms with E-state index in [2.05, 4.69) is 10.6 Å². The second-order valence-corrected chi connectivity index (χ2v) is 8.41. The molecule has 0 radical (unpaired) electrons. The van der Waals surface area contributed by atoms with Gasteiger partial charge in [-0.15, -0.1) is 23.7 Å². The molecule has 0 bridgehead atoms. The van der Waals surface area contributed by atoms with Crippen molar-refractivity contribution in [3.05, 3.63) is 20.3 Å². The molecule has 0 saturated carbocycles. The monoisotopic (exact) mass is 428 g/mol. The number of hydrogen-bond donors (Lipinski definition) is 2. The normalized spacial score (nSPS) is 16.1. The molecule has 0 atom stereocenters. The standard InChI is InChI=1S/C16H22Cl2N2O3S.ClH/c1-23-10-16(4-6-19-7-5-16)9-20-14(22)3-2-12(21)11-8-13(17)24-15(11)18;/h8,19H,2-7,9-10H2,1H3,(H,20,22);1H. The molecular weight excluding hydrogens is 407 g/mol. The molecule has 2 N–H and O–H groups in total. The lowest BCUT2D eigenvalue weighted by Crippen LogP contribution is -2.47. The Morgan fingerprint density at radius 3 is 2.56 bits per heavy atom. The summed E-state index contributed by atoms with van der Waals surface area (Å²) in [6.45, 7) is 3.04. The lowest BCUT2D eigenvalue weighted by Gasteiger charge is -2.37. The van der Waals surface area contributed by atoms with Gasteiger partial charge in [0, 0.05) is 37.5 Å². The Labute approximate surface area is 168 Å². The summed E-state index contributed by atoms with van der Waals surface area (Å²) in [5.74, 6) is -0.290. The number of piperidine rings is 1. The number of methoxy groups -OCH3 is 1. The minimum atomic E-state index is -0.160. The number of amides is 1. The maximum atomic E-state index is 12.1. The highest BCUT2D eigenvalue weighted by Gasteiger charge is 2.32. The highest BCUT2D eigenvalue weighted by atomic mass is 35.5. The van der Waals surface area contributed by atoms with Gasteiger partial charge in [0.25, 0.3) is 0 Å². The van der Waals surface area contributed by atoms with E-state index in [1.165, 1.54) is 0 Å². The van der Waals surface area contributed by atoms with Crippen LogP contribution >= 0.6 is 46.9 Å². The molecule has 1 fully saturated rings. The van der Waals surface area contributed by atoms with E-state index in [0.717, 1.165) is 37.3 Å². The van der Waals surface area contributed by atoms with Gasteiger partial charge in [-0.1, -0.05) is 23.2 Å². The molecule has 1 amide bonds. The Bertz CT molecular complexity index is 584. The maximum absolute atomic E-state index is 12.1. The third-order valence-corrected chi connectivity index (χ3v) is 5.80. The van der Waals surface area contributed by atoms with Crippen molar-refractivity contribution in [3.63, 3.8) is 0 Å². The van der Waals surface area contributed by atoms with Crippen LogP contribution in [0.5, 0.6) is 0 Å². The average molecular weight is 430 g/mol. The van der Waals surface area contributed by atoms with Crippen LogP contribution in [-0.4, -0.2) is 45.0 Å². The second kappa shape index (κ2) is 10.7. The fourth-order valence-corrected chi connectivity index (χ4v) is 4.40. The first-order chi connectivity index (χ1) is 11.5. The molecule has 1 aliphatic rings. The first kappa shape index (κ1) is 22.7. The van der Waals surface area contributed by atoms with Gasteiger partial charge in [0.05, 0.1) is 10.9 Å². The zero-order valence-electron chi connectivity index (χ0n) is 14.0. The van der Waals surface area contributed by atoms with Crippen molar-refractivity contribution in [2.24, 2.45) is 5.41 Å². The van der Waals surface area contributed by atoms with E-state index in [9.17, 15) is 9.59 Å². The summed E-state index contributed by atoms with van der Waals surface area (Å²) in [4.78, 5) is 24.2. The summed E-state index contributed by atoms with van der Waals surface area (Å²) in [6.07, 6.45) is 2.19. The number of hydrogen-bond acceptors (Lipinski definition) is 5. The zero-order chi connectivity index (χ0) is 17.6. The topological polar surface area (TPSA) is 67.4 Å². The van der Waals surface area contributed by atoms with Gasteiger partial charge >= 0.3 is 0 Å².